The summed E-state index contributed by atoms with van der Waals surface area (Å²) in [5.41, 5.74) is 4.17. The SMILES string of the molecule is COc1cccc2c(Nc3ccc4n[nH]nc4c3)c(C#N)cnc12. The Hall–Kier alpha value is -3.66. The molecule has 2 heterocycles. The maximum Gasteiger partial charge on any atom is 0.145 e. The number of pyridine rings is 1. The van der Waals surface area contributed by atoms with Gasteiger partial charge >= 0.3 is 0 Å². The number of anilines is 2. The zero-order valence-electron chi connectivity index (χ0n) is 12.7. The second-order valence-corrected chi connectivity index (χ2v) is 5.17. The van der Waals surface area contributed by atoms with Gasteiger partial charge in [0.2, 0.25) is 0 Å². The summed E-state index contributed by atoms with van der Waals surface area (Å²) in [6, 6.07) is 13.4. The van der Waals surface area contributed by atoms with Gasteiger partial charge in [0, 0.05) is 17.3 Å². The Morgan fingerprint density at radius 2 is 2.04 bits per heavy atom. The highest BCUT2D eigenvalue weighted by molar-refractivity contribution is 5.99. The van der Waals surface area contributed by atoms with Crippen LogP contribution in [0.4, 0.5) is 11.4 Å². The molecule has 7 heteroatoms. The Balaban J connectivity index is 1.89. The first-order chi connectivity index (χ1) is 11.8. The molecule has 0 aliphatic rings. The number of benzene rings is 2. The molecule has 0 unspecified atom stereocenters. The van der Waals surface area contributed by atoms with Crippen LogP contribution < -0.4 is 10.1 Å². The van der Waals surface area contributed by atoms with Crippen LogP contribution in [0.25, 0.3) is 21.9 Å². The normalized spacial score (nSPS) is 10.7. The van der Waals surface area contributed by atoms with E-state index in [1.54, 1.807) is 13.3 Å². The standard InChI is InChI=1S/C17H12N6O/c1-24-15-4-2-3-12-16(10(8-18)9-19-17(12)15)20-11-5-6-13-14(7-11)22-23-21-13/h2-7,9H,1H3,(H,19,20)(H,21,22,23). The number of nitrogens with zero attached hydrogens (tertiary/aromatic N) is 4. The number of hydrogen-bond acceptors (Lipinski definition) is 6. The van der Waals surface area contributed by atoms with Gasteiger partial charge in [-0.05, 0) is 24.3 Å². The van der Waals surface area contributed by atoms with Crippen molar-refractivity contribution in [3.8, 4) is 11.8 Å². The van der Waals surface area contributed by atoms with Gasteiger partial charge in [-0.1, -0.05) is 12.1 Å². The maximum atomic E-state index is 9.43. The predicted molar refractivity (Wildman–Crippen MR) is 90.2 cm³/mol. The Labute approximate surface area is 136 Å². The first-order valence-electron chi connectivity index (χ1n) is 7.23. The fourth-order valence-corrected chi connectivity index (χ4v) is 2.64. The number of nitriles is 1. The van der Waals surface area contributed by atoms with Crippen molar-refractivity contribution in [2.75, 3.05) is 12.4 Å². The maximum absolute atomic E-state index is 9.43. The lowest BCUT2D eigenvalue weighted by atomic mass is 10.1. The third kappa shape index (κ3) is 2.18. The van der Waals surface area contributed by atoms with Crippen LogP contribution in [-0.4, -0.2) is 27.5 Å². The highest BCUT2D eigenvalue weighted by Crippen LogP contribution is 2.33. The second-order valence-electron chi connectivity index (χ2n) is 5.17. The molecule has 0 spiro atoms. The van der Waals surface area contributed by atoms with Crippen molar-refractivity contribution in [1.29, 1.82) is 5.26 Å². The highest BCUT2D eigenvalue weighted by atomic mass is 16.5. The van der Waals surface area contributed by atoms with E-state index in [-0.39, 0.29) is 0 Å². The molecule has 24 heavy (non-hydrogen) atoms. The summed E-state index contributed by atoms with van der Waals surface area (Å²) in [4.78, 5) is 4.35. The van der Waals surface area contributed by atoms with Crippen LogP contribution in [-0.2, 0) is 0 Å². The van der Waals surface area contributed by atoms with Gasteiger partial charge in [-0.25, -0.2) is 0 Å². The average molecular weight is 316 g/mol. The summed E-state index contributed by atoms with van der Waals surface area (Å²) in [5.74, 6) is 0.659. The molecule has 2 aromatic heterocycles. The van der Waals surface area contributed by atoms with Crippen LogP contribution in [0.1, 0.15) is 5.56 Å². The zero-order valence-corrected chi connectivity index (χ0v) is 12.7. The van der Waals surface area contributed by atoms with E-state index in [2.05, 4.69) is 31.8 Å². The first kappa shape index (κ1) is 14.0. The molecule has 4 rings (SSSR count). The lowest BCUT2D eigenvalue weighted by molar-refractivity contribution is 0.419. The third-order valence-corrected chi connectivity index (χ3v) is 3.79. The van der Waals surface area contributed by atoms with E-state index < -0.39 is 0 Å². The molecule has 7 nitrogen and oxygen atoms in total. The fourth-order valence-electron chi connectivity index (χ4n) is 2.64. The molecule has 0 fully saturated rings. The summed E-state index contributed by atoms with van der Waals surface area (Å²) in [7, 11) is 1.60. The predicted octanol–water partition coefficient (Wildman–Crippen LogP) is 3.13. The molecular formula is C17H12N6O. The van der Waals surface area contributed by atoms with E-state index in [0.717, 1.165) is 22.1 Å². The van der Waals surface area contributed by atoms with Crippen molar-refractivity contribution in [2.45, 2.75) is 0 Å². The van der Waals surface area contributed by atoms with Crippen LogP contribution >= 0.6 is 0 Å². The van der Waals surface area contributed by atoms with Crippen LogP contribution in [0.2, 0.25) is 0 Å². The quantitative estimate of drug-likeness (QED) is 0.602. The van der Waals surface area contributed by atoms with E-state index in [9.17, 15) is 5.26 Å². The number of fused-ring (bicyclic) bond motifs is 2. The van der Waals surface area contributed by atoms with E-state index in [1.807, 2.05) is 36.4 Å². The summed E-state index contributed by atoms with van der Waals surface area (Å²) >= 11 is 0. The van der Waals surface area contributed by atoms with Crippen molar-refractivity contribution in [3.05, 3.63) is 48.2 Å². The number of ether oxygens (including phenoxy) is 1. The summed E-state index contributed by atoms with van der Waals surface area (Å²) in [6.45, 7) is 0. The van der Waals surface area contributed by atoms with Crippen molar-refractivity contribution < 1.29 is 4.74 Å². The second kappa shape index (κ2) is 5.52. The first-order valence-corrected chi connectivity index (χ1v) is 7.23. The van der Waals surface area contributed by atoms with Crippen LogP contribution in [0, 0.1) is 11.3 Å². The molecule has 2 N–H and O–H groups in total. The number of hydrogen-bond donors (Lipinski definition) is 2. The molecule has 0 radical (unpaired) electrons. The molecule has 4 aromatic rings. The number of aromatic nitrogens is 4. The largest absolute Gasteiger partial charge is 0.494 e. The molecule has 0 saturated heterocycles. The smallest absolute Gasteiger partial charge is 0.145 e. The summed E-state index contributed by atoms with van der Waals surface area (Å²) in [6.07, 6.45) is 1.54. The molecule has 0 atom stereocenters. The van der Waals surface area contributed by atoms with Gasteiger partial charge in [-0.15, -0.1) is 0 Å². The number of aromatic amines is 1. The monoisotopic (exact) mass is 316 g/mol. The molecular weight excluding hydrogens is 304 g/mol. The van der Waals surface area contributed by atoms with E-state index in [0.29, 0.717) is 22.5 Å². The summed E-state index contributed by atoms with van der Waals surface area (Å²) in [5, 5.41) is 24.2. The molecule has 0 aliphatic carbocycles. The van der Waals surface area contributed by atoms with Crippen molar-refractivity contribution in [1.82, 2.24) is 20.4 Å². The van der Waals surface area contributed by atoms with Gasteiger partial charge in [0.05, 0.1) is 18.4 Å². The number of para-hydroxylation sites is 1. The number of methoxy groups -OCH3 is 1. The minimum Gasteiger partial charge on any atom is -0.494 e. The van der Waals surface area contributed by atoms with Gasteiger partial charge in [-0.3, -0.25) is 4.98 Å². The average Bonchev–Trinajstić information content (AvgIpc) is 3.09. The molecule has 0 amide bonds. The highest BCUT2D eigenvalue weighted by Gasteiger charge is 2.12. The lowest BCUT2D eigenvalue weighted by Gasteiger charge is -2.13. The summed E-state index contributed by atoms with van der Waals surface area (Å²) < 4.78 is 5.36. The topological polar surface area (TPSA) is 99.5 Å². The van der Waals surface area contributed by atoms with Gasteiger partial charge in [0.15, 0.2) is 0 Å². The zero-order chi connectivity index (χ0) is 16.5. The molecule has 116 valence electrons. The van der Waals surface area contributed by atoms with Crippen molar-refractivity contribution in [2.24, 2.45) is 0 Å². The fraction of sp³-hybridized carbons (Fsp3) is 0.0588. The molecule has 0 aliphatic heterocycles. The van der Waals surface area contributed by atoms with Gasteiger partial charge in [0.25, 0.3) is 0 Å². The molecule has 2 aromatic carbocycles. The number of nitrogens with one attached hydrogen (secondary N) is 2. The van der Waals surface area contributed by atoms with E-state index >= 15 is 0 Å². The Morgan fingerprint density at radius 1 is 1.17 bits per heavy atom. The Bertz CT molecular complexity index is 1100. The van der Waals surface area contributed by atoms with Crippen molar-refractivity contribution in [3.63, 3.8) is 0 Å². The molecule has 0 bridgehead atoms. The van der Waals surface area contributed by atoms with Crippen molar-refractivity contribution >= 4 is 33.3 Å². The van der Waals surface area contributed by atoms with E-state index in [4.69, 9.17) is 4.74 Å². The van der Waals surface area contributed by atoms with Gasteiger partial charge < -0.3 is 10.1 Å². The Morgan fingerprint density at radius 3 is 2.88 bits per heavy atom. The van der Waals surface area contributed by atoms with Gasteiger partial charge in [-0.2, -0.15) is 20.7 Å². The van der Waals surface area contributed by atoms with Crippen LogP contribution in [0.3, 0.4) is 0 Å². The molecule has 0 saturated carbocycles. The van der Waals surface area contributed by atoms with E-state index in [1.165, 1.54) is 0 Å². The van der Waals surface area contributed by atoms with Crippen LogP contribution in [0.15, 0.2) is 42.6 Å². The number of rotatable bonds is 3. The lowest BCUT2D eigenvalue weighted by Crippen LogP contribution is -1.98. The third-order valence-electron chi connectivity index (χ3n) is 3.79. The van der Waals surface area contributed by atoms with Crippen LogP contribution in [0.5, 0.6) is 5.75 Å². The minimum absolute atomic E-state index is 0.455. The number of H-pyrrole nitrogens is 1. The Kier molecular flexibility index (Phi) is 3.21. The van der Waals surface area contributed by atoms with Gasteiger partial charge in [0.1, 0.15) is 28.4 Å². The minimum atomic E-state index is 0.455.